The van der Waals surface area contributed by atoms with Gasteiger partial charge < -0.3 is 14.6 Å². The zero-order chi connectivity index (χ0) is 17.4. The molecule has 0 aromatic carbocycles. The highest BCUT2D eigenvalue weighted by molar-refractivity contribution is 5.93. The lowest BCUT2D eigenvalue weighted by atomic mass is 9.96. The molecule has 1 unspecified atom stereocenters. The molecule has 0 radical (unpaired) electrons. The van der Waals surface area contributed by atoms with Crippen LogP contribution in [0, 0.1) is 24.7 Å². The van der Waals surface area contributed by atoms with E-state index in [-0.39, 0.29) is 17.7 Å². The van der Waals surface area contributed by atoms with Gasteiger partial charge in [0, 0.05) is 26.1 Å². The highest BCUT2D eigenvalue weighted by Crippen LogP contribution is 2.33. The van der Waals surface area contributed by atoms with E-state index in [9.17, 15) is 9.59 Å². The number of hydrogen-bond donors (Lipinski definition) is 1. The maximum Gasteiger partial charge on any atom is 0.291 e. The summed E-state index contributed by atoms with van der Waals surface area (Å²) in [5.74, 6) is 2.25. The minimum absolute atomic E-state index is 0.0908. The molecule has 2 aliphatic carbocycles. The zero-order valence-electron chi connectivity index (χ0n) is 14.9. The molecule has 1 atom stereocenters. The van der Waals surface area contributed by atoms with Gasteiger partial charge in [-0.2, -0.15) is 0 Å². The number of carbonyl (C=O) groups is 2. The van der Waals surface area contributed by atoms with E-state index in [0.29, 0.717) is 42.3 Å². The minimum Gasteiger partial charge on any atom is -0.435 e. The summed E-state index contributed by atoms with van der Waals surface area (Å²) >= 11 is 0. The largest absolute Gasteiger partial charge is 0.435 e. The van der Waals surface area contributed by atoms with Crippen LogP contribution in [0.2, 0.25) is 0 Å². The topological polar surface area (TPSA) is 75.4 Å². The van der Waals surface area contributed by atoms with Crippen LogP contribution in [0.4, 0.5) is 0 Å². The van der Waals surface area contributed by atoms with E-state index < -0.39 is 0 Å². The fraction of sp³-hybridized carbons (Fsp3) is 0.737. The second kappa shape index (κ2) is 6.81. The second-order valence-electron chi connectivity index (χ2n) is 7.95. The first-order valence-electron chi connectivity index (χ1n) is 9.63. The molecular formula is C19H27N3O3. The third kappa shape index (κ3) is 4.05. The smallest absolute Gasteiger partial charge is 0.291 e. The van der Waals surface area contributed by atoms with E-state index in [1.807, 2.05) is 6.92 Å². The third-order valence-electron chi connectivity index (χ3n) is 5.54. The van der Waals surface area contributed by atoms with Gasteiger partial charge in [0.2, 0.25) is 11.7 Å². The molecule has 25 heavy (non-hydrogen) atoms. The maximum absolute atomic E-state index is 12.8. The van der Waals surface area contributed by atoms with Crippen LogP contribution in [0.1, 0.15) is 60.7 Å². The molecule has 1 aromatic rings. The van der Waals surface area contributed by atoms with Crippen LogP contribution in [0.15, 0.2) is 4.42 Å². The van der Waals surface area contributed by atoms with Crippen molar-refractivity contribution in [3.8, 4) is 0 Å². The van der Waals surface area contributed by atoms with Crippen molar-refractivity contribution in [2.24, 2.45) is 17.8 Å². The van der Waals surface area contributed by atoms with Crippen molar-refractivity contribution in [2.45, 2.75) is 51.9 Å². The van der Waals surface area contributed by atoms with Gasteiger partial charge in [0.15, 0.2) is 5.89 Å². The summed E-state index contributed by atoms with van der Waals surface area (Å²) in [4.78, 5) is 31.4. The summed E-state index contributed by atoms with van der Waals surface area (Å²) in [7, 11) is 0. The average Bonchev–Trinajstić information content (AvgIpc) is 3.53. The van der Waals surface area contributed by atoms with Crippen molar-refractivity contribution in [1.82, 2.24) is 15.2 Å². The monoisotopic (exact) mass is 345 g/mol. The summed E-state index contributed by atoms with van der Waals surface area (Å²) in [6.45, 7) is 3.78. The molecule has 0 spiro atoms. The number of aryl methyl sites for hydroxylation is 1. The average molecular weight is 345 g/mol. The molecule has 2 amide bonds. The quantitative estimate of drug-likeness (QED) is 0.858. The van der Waals surface area contributed by atoms with Crippen molar-refractivity contribution in [3.05, 3.63) is 17.3 Å². The predicted octanol–water partition coefficient (Wildman–Crippen LogP) is 2.31. The Hall–Kier alpha value is -1.85. The van der Waals surface area contributed by atoms with E-state index in [1.54, 1.807) is 4.90 Å². The summed E-state index contributed by atoms with van der Waals surface area (Å²) in [5, 5.41) is 3.04. The molecule has 3 aliphatic rings. The van der Waals surface area contributed by atoms with Crippen LogP contribution < -0.4 is 5.32 Å². The van der Waals surface area contributed by atoms with Gasteiger partial charge in [-0.1, -0.05) is 0 Å². The summed E-state index contributed by atoms with van der Waals surface area (Å²) < 4.78 is 5.76. The highest BCUT2D eigenvalue weighted by atomic mass is 16.4. The number of nitrogens with one attached hydrogen (secondary N) is 1. The lowest BCUT2D eigenvalue weighted by Gasteiger charge is -2.31. The summed E-state index contributed by atoms with van der Waals surface area (Å²) in [6.07, 6.45) is 7.45. The van der Waals surface area contributed by atoms with Gasteiger partial charge >= 0.3 is 0 Å². The molecule has 1 N–H and O–H groups in total. The van der Waals surface area contributed by atoms with Gasteiger partial charge in [0.1, 0.15) is 0 Å². The fourth-order valence-electron chi connectivity index (χ4n) is 3.54. The van der Waals surface area contributed by atoms with Crippen LogP contribution in [-0.4, -0.2) is 41.3 Å². The summed E-state index contributed by atoms with van der Waals surface area (Å²) in [6, 6.07) is 0. The van der Waals surface area contributed by atoms with E-state index in [1.165, 1.54) is 25.7 Å². The SMILES string of the molecule is Cc1nc(CC2CC2)oc1C(=O)N1CCCC(C(=O)NCC2CC2)C1. The van der Waals surface area contributed by atoms with Crippen LogP contribution in [0.25, 0.3) is 0 Å². The Bertz CT molecular complexity index is 661. The molecule has 6 nitrogen and oxygen atoms in total. The van der Waals surface area contributed by atoms with Gasteiger partial charge in [0.05, 0.1) is 11.6 Å². The molecule has 4 rings (SSSR count). The van der Waals surface area contributed by atoms with Gasteiger partial charge in [-0.05, 0) is 57.3 Å². The molecule has 2 heterocycles. The molecule has 1 saturated heterocycles. The number of aromatic nitrogens is 1. The highest BCUT2D eigenvalue weighted by Gasteiger charge is 2.33. The van der Waals surface area contributed by atoms with Crippen molar-refractivity contribution >= 4 is 11.8 Å². The number of hydrogen-bond acceptors (Lipinski definition) is 4. The van der Waals surface area contributed by atoms with E-state index in [0.717, 1.165) is 25.8 Å². The Morgan fingerprint density at radius 2 is 1.96 bits per heavy atom. The first kappa shape index (κ1) is 16.6. The Kier molecular flexibility index (Phi) is 4.52. The molecule has 0 bridgehead atoms. The number of piperidine rings is 1. The van der Waals surface area contributed by atoms with Crippen LogP contribution in [-0.2, 0) is 11.2 Å². The van der Waals surface area contributed by atoms with Gasteiger partial charge in [-0.15, -0.1) is 0 Å². The Morgan fingerprint density at radius 3 is 2.68 bits per heavy atom. The maximum atomic E-state index is 12.8. The molecule has 2 saturated carbocycles. The number of amides is 2. The fourth-order valence-corrected chi connectivity index (χ4v) is 3.54. The van der Waals surface area contributed by atoms with E-state index >= 15 is 0 Å². The van der Waals surface area contributed by atoms with Crippen LogP contribution in [0.3, 0.4) is 0 Å². The molecule has 6 heteroatoms. The minimum atomic E-state index is -0.119. The Labute approximate surface area is 148 Å². The number of carbonyl (C=O) groups excluding carboxylic acids is 2. The first-order valence-corrected chi connectivity index (χ1v) is 9.63. The van der Waals surface area contributed by atoms with Crippen molar-refractivity contribution in [3.63, 3.8) is 0 Å². The van der Waals surface area contributed by atoms with Crippen LogP contribution >= 0.6 is 0 Å². The lowest BCUT2D eigenvalue weighted by Crippen LogP contribution is -2.45. The molecule has 1 aliphatic heterocycles. The molecule has 136 valence electrons. The number of oxazole rings is 1. The van der Waals surface area contributed by atoms with Crippen molar-refractivity contribution < 1.29 is 14.0 Å². The van der Waals surface area contributed by atoms with Crippen molar-refractivity contribution in [2.75, 3.05) is 19.6 Å². The molecular weight excluding hydrogens is 318 g/mol. The Balaban J connectivity index is 1.37. The van der Waals surface area contributed by atoms with E-state index in [4.69, 9.17) is 4.42 Å². The number of rotatable bonds is 6. The predicted molar refractivity (Wildman–Crippen MR) is 92.0 cm³/mol. The van der Waals surface area contributed by atoms with Gasteiger partial charge in [-0.25, -0.2) is 4.98 Å². The Morgan fingerprint density at radius 1 is 1.20 bits per heavy atom. The number of likely N-dealkylation sites (tertiary alicyclic amines) is 1. The first-order chi connectivity index (χ1) is 12.1. The third-order valence-corrected chi connectivity index (χ3v) is 5.54. The summed E-state index contributed by atoms with van der Waals surface area (Å²) in [5.41, 5.74) is 0.668. The molecule has 3 fully saturated rings. The van der Waals surface area contributed by atoms with Gasteiger partial charge in [0.25, 0.3) is 5.91 Å². The normalized spacial score (nSPS) is 23.6. The van der Waals surface area contributed by atoms with Crippen molar-refractivity contribution in [1.29, 1.82) is 0 Å². The standard InChI is InChI=1S/C19H27N3O3/c1-12-17(25-16(21-12)9-13-4-5-13)19(24)22-8-2-3-15(11-22)18(23)20-10-14-6-7-14/h13-15H,2-11H2,1H3,(H,20,23). The van der Waals surface area contributed by atoms with E-state index in [2.05, 4.69) is 10.3 Å². The number of nitrogens with zero attached hydrogens (tertiary/aromatic N) is 2. The molecule has 1 aromatic heterocycles. The van der Waals surface area contributed by atoms with Crippen LogP contribution in [0.5, 0.6) is 0 Å². The van der Waals surface area contributed by atoms with Gasteiger partial charge in [-0.3, -0.25) is 9.59 Å². The second-order valence-corrected chi connectivity index (χ2v) is 7.95. The lowest BCUT2D eigenvalue weighted by molar-refractivity contribution is -0.126. The zero-order valence-corrected chi connectivity index (χ0v) is 14.9.